The fraction of sp³-hybridized carbons (Fsp3) is 0.222. The Morgan fingerprint density at radius 3 is 2.40 bits per heavy atom. The Bertz CT molecular complexity index is 807. The maximum atomic E-state index is 10.3. The molecular formula is C18H16O2. The van der Waals surface area contributed by atoms with Crippen LogP contribution in [0.3, 0.4) is 0 Å². The number of rotatable bonds is 0. The number of hydrogen-bond acceptors (Lipinski definition) is 2. The zero-order valence-electron chi connectivity index (χ0n) is 11.1. The van der Waals surface area contributed by atoms with Crippen LogP contribution in [-0.2, 0) is 6.42 Å². The number of aliphatic hydroxyl groups is 2. The molecule has 2 nitrogen and oxygen atoms in total. The molecule has 2 N–H and O–H groups in total. The first-order valence-corrected chi connectivity index (χ1v) is 7.04. The lowest BCUT2D eigenvalue weighted by Crippen LogP contribution is -2.25. The van der Waals surface area contributed by atoms with E-state index in [9.17, 15) is 10.2 Å². The Labute approximate surface area is 117 Å². The molecule has 0 fully saturated rings. The topological polar surface area (TPSA) is 40.5 Å². The largest absolute Gasteiger partial charge is 0.390 e. The predicted molar refractivity (Wildman–Crippen MR) is 80.7 cm³/mol. The minimum atomic E-state index is -0.774. The Balaban J connectivity index is 2.09. The van der Waals surface area contributed by atoms with Gasteiger partial charge in [0.05, 0.1) is 6.10 Å². The minimum absolute atomic E-state index is 0.632. The van der Waals surface area contributed by atoms with Gasteiger partial charge in [-0.2, -0.15) is 0 Å². The molecule has 0 aromatic heterocycles. The summed E-state index contributed by atoms with van der Waals surface area (Å²) in [5.74, 6) is 0. The van der Waals surface area contributed by atoms with Crippen LogP contribution >= 0.6 is 0 Å². The molecule has 1 aliphatic carbocycles. The molecule has 1 aliphatic rings. The van der Waals surface area contributed by atoms with Crippen molar-refractivity contribution < 1.29 is 10.2 Å². The number of fused-ring (bicyclic) bond motifs is 4. The fourth-order valence-electron chi connectivity index (χ4n) is 3.30. The van der Waals surface area contributed by atoms with E-state index in [1.165, 1.54) is 10.8 Å². The lowest BCUT2D eigenvalue weighted by atomic mass is 9.83. The van der Waals surface area contributed by atoms with Gasteiger partial charge in [0.15, 0.2) is 0 Å². The fourth-order valence-corrected chi connectivity index (χ4v) is 3.30. The molecule has 3 aromatic rings. The van der Waals surface area contributed by atoms with Gasteiger partial charge in [-0.05, 0) is 57.6 Å². The van der Waals surface area contributed by atoms with Crippen molar-refractivity contribution in [1.29, 1.82) is 0 Å². The summed E-state index contributed by atoms with van der Waals surface area (Å²) in [5.41, 5.74) is 2.07. The molecule has 0 radical (unpaired) electrons. The van der Waals surface area contributed by atoms with Gasteiger partial charge in [0.2, 0.25) is 0 Å². The van der Waals surface area contributed by atoms with Crippen LogP contribution in [0.4, 0.5) is 0 Å². The van der Waals surface area contributed by atoms with Crippen LogP contribution in [0.25, 0.3) is 21.5 Å². The predicted octanol–water partition coefficient (Wildman–Crippen LogP) is 3.33. The van der Waals surface area contributed by atoms with E-state index in [1.807, 2.05) is 12.1 Å². The molecule has 4 rings (SSSR count). The third-order valence-electron chi connectivity index (χ3n) is 4.39. The van der Waals surface area contributed by atoms with E-state index in [0.29, 0.717) is 6.42 Å². The van der Waals surface area contributed by atoms with E-state index in [-0.39, 0.29) is 0 Å². The number of aliphatic hydroxyl groups excluding tert-OH is 2. The molecule has 2 atom stereocenters. The lowest BCUT2D eigenvalue weighted by molar-refractivity contribution is 0.00747. The summed E-state index contributed by atoms with van der Waals surface area (Å²) in [6, 6.07) is 16.7. The first-order chi connectivity index (χ1) is 9.74. The molecule has 2 unspecified atom stereocenters. The van der Waals surface area contributed by atoms with Crippen LogP contribution in [0, 0.1) is 0 Å². The standard InChI is InChI=1S/C18H16O2/c19-16-8-7-11-5-6-14-9-12-3-1-2-4-13(12)10-15(14)17(11)18(16)20/h1-6,9-10,16,18-20H,7-8H2. The summed E-state index contributed by atoms with van der Waals surface area (Å²) in [6.07, 6.45) is 0.0343. The second-order valence-corrected chi connectivity index (χ2v) is 5.61. The Morgan fingerprint density at radius 1 is 0.850 bits per heavy atom. The van der Waals surface area contributed by atoms with Crippen LogP contribution in [0.1, 0.15) is 23.7 Å². The molecule has 0 spiro atoms. The van der Waals surface area contributed by atoms with Gasteiger partial charge in [0, 0.05) is 0 Å². The highest BCUT2D eigenvalue weighted by atomic mass is 16.3. The third kappa shape index (κ3) is 1.65. The monoisotopic (exact) mass is 264 g/mol. The molecule has 0 heterocycles. The Kier molecular flexibility index (Phi) is 2.56. The SMILES string of the molecule is OC1CCc2ccc3cc4ccccc4cc3c2C1O. The number of hydrogen-bond donors (Lipinski definition) is 2. The van der Waals surface area contributed by atoms with Crippen LogP contribution in [-0.4, -0.2) is 16.3 Å². The van der Waals surface area contributed by atoms with Crippen LogP contribution in [0.15, 0.2) is 48.5 Å². The van der Waals surface area contributed by atoms with Crippen molar-refractivity contribution in [1.82, 2.24) is 0 Å². The summed E-state index contributed by atoms with van der Waals surface area (Å²) in [7, 11) is 0. The molecule has 0 saturated carbocycles. The molecule has 0 bridgehead atoms. The second-order valence-electron chi connectivity index (χ2n) is 5.61. The van der Waals surface area contributed by atoms with Gasteiger partial charge < -0.3 is 10.2 Å². The Morgan fingerprint density at radius 2 is 1.60 bits per heavy atom. The smallest absolute Gasteiger partial charge is 0.106 e. The van der Waals surface area contributed by atoms with E-state index < -0.39 is 12.2 Å². The maximum Gasteiger partial charge on any atom is 0.106 e. The summed E-state index contributed by atoms with van der Waals surface area (Å²) < 4.78 is 0. The van der Waals surface area contributed by atoms with Crippen LogP contribution in [0.2, 0.25) is 0 Å². The van der Waals surface area contributed by atoms with Crippen molar-refractivity contribution in [3.8, 4) is 0 Å². The summed E-state index contributed by atoms with van der Waals surface area (Å²) >= 11 is 0. The average molecular weight is 264 g/mol. The summed E-state index contributed by atoms with van der Waals surface area (Å²) in [5, 5.41) is 24.8. The van der Waals surface area contributed by atoms with Crippen molar-refractivity contribution in [2.75, 3.05) is 0 Å². The first kappa shape index (κ1) is 11.9. The zero-order chi connectivity index (χ0) is 13.7. The van der Waals surface area contributed by atoms with Gasteiger partial charge in [0.25, 0.3) is 0 Å². The summed E-state index contributed by atoms with van der Waals surface area (Å²) in [4.78, 5) is 0. The molecule has 3 aromatic carbocycles. The minimum Gasteiger partial charge on any atom is -0.390 e. The van der Waals surface area contributed by atoms with Crippen molar-refractivity contribution >= 4 is 21.5 Å². The van der Waals surface area contributed by atoms with Crippen molar-refractivity contribution in [3.05, 3.63) is 59.7 Å². The molecule has 100 valence electrons. The van der Waals surface area contributed by atoms with Gasteiger partial charge in [-0.15, -0.1) is 0 Å². The molecule has 0 saturated heterocycles. The highest BCUT2D eigenvalue weighted by Gasteiger charge is 2.27. The van der Waals surface area contributed by atoms with Crippen molar-refractivity contribution in [2.24, 2.45) is 0 Å². The number of aryl methyl sites for hydroxylation is 1. The maximum absolute atomic E-state index is 10.3. The zero-order valence-corrected chi connectivity index (χ0v) is 11.1. The Hall–Kier alpha value is -1.90. The van der Waals surface area contributed by atoms with Crippen LogP contribution in [0.5, 0.6) is 0 Å². The van der Waals surface area contributed by atoms with Crippen LogP contribution < -0.4 is 0 Å². The average Bonchev–Trinajstić information content (AvgIpc) is 2.48. The second kappa shape index (κ2) is 4.30. The van der Waals surface area contributed by atoms with Gasteiger partial charge >= 0.3 is 0 Å². The van der Waals surface area contributed by atoms with Gasteiger partial charge in [-0.1, -0.05) is 36.4 Å². The molecule has 0 aliphatic heterocycles. The molecule has 20 heavy (non-hydrogen) atoms. The normalized spacial score (nSPS) is 22.1. The van der Waals surface area contributed by atoms with E-state index in [0.717, 1.165) is 28.3 Å². The van der Waals surface area contributed by atoms with Crippen molar-refractivity contribution in [3.63, 3.8) is 0 Å². The van der Waals surface area contributed by atoms with Gasteiger partial charge in [-0.3, -0.25) is 0 Å². The molecule has 2 heteroatoms. The quantitative estimate of drug-likeness (QED) is 0.611. The third-order valence-corrected chi connectivity index (χ3v) is 4.39. The van der Waals surface area contributed by atoms with Gasteiger partial charge in [0.1, 0.15) is 6.10 Å². The van der Waals surface area contributed by atoms with E-state index in [4.69, 9.17) is 0 Å². The first-order valence-electron chi connectivity index (χ1n) is 7.04. The van der Waals surface area contributed by atoms with Gasteiger partial charge in [-0.25, -0.2) is 0 Å². The highest BCUT2D eigenvalue weighted by Crippen LogP contribution is 2.37. The molecular weight excluding hydrogens is 248 g/mol. The highest BCUT2D eigenvalue weighted by molar-refractivity contribution is 6.00. The lowest BCUT2D eigenvalue weighted by Gasteiger charge is -2.28. The summed E-state index contributed by atoms with van der Waals surface area (Å²) in [6.45, 7) is 0. The number of benzene rings is 3. The van der Waals surface area contributed by atoms with E-state index in [1.54, 1.807) is 0 Å². The van der Waals surface area contributed by atoms with Crippen molar-refractivity contribution in [2.45, 2.75) is 25.0 Å². The molecule has 0 amide bonds. The van der Waals surface area contributed by atoms with E-state index >= 15 is 0 Å². The van der Waals surface area contributed by atoms with E-state index in [2.05, 4.69) is 36.4 Å².